The number of hydrogen-bond acceptors (Lipinski definition) is 4. The molecule has 1 aromatic rings. The van der Waals surface area contributed by atoms with Gasteiger partial charge in [-0.3, -0.25) is 4.79 Å². The number of amides is 1. The summed E-state index contributed by atoms with van der Waals surface area (Å²) in [4.78, 5) is 12.3. The molecule has 2 fully saturated rings. The topological polar surface area (TPSA) is 56.8 Å². The molecule has 1 heterocycles. The Morgan fingerprint density at radius 1 is 1.22 bits per heavy atom. The Labute approximate surface area is 137 Å². The standard InChI is InChI=1S/C18H25NO4/c1-21-15-4-3-14(11-16(15)22-2)18(7-8-18)12-19-17(20)13-5-9-23-10-6-13/h3-4,11,13H,5-10,12H2,1-2H3,(H,19,20). The minimum atomic E-state index is 0.0559. The fourth-order valence-corrected chi connectivity index (χ4v) is 3.24. The van der Waals surface area contributed by atoms with Crippen molar-refractivity contribution in [2.45, 2.75) is 31.1 Å². The van der Waals surface area contributed by atoms with Crippen molar-refractivity contribution in [3.63, 3.8) is 0 Å². The molecule has 2 aliphatic rings. The molecule has 0 spiro atoms. The molecule has 23 heavy (non-hydrogen) atoms. The van der Waals surface area contributed by atoms with Gasteiger partial charge in [0.2, 0.25) is 5.91 Å². The van der Waals surface area contributed by atoms with Crippen LogP contribution in [0.3, 0.4) is 0 Å². The molecular weight excluding hydrogens is 294 g/mol. The third kappa shape index (κ3) is 3.44. The van der Waals surface area contributed by atoms with Crippen molar-refractivity contribution in [2.75, 3.05) is 34.0 Å². The summed E-state index contributed by atoms with van der Waals surface area (Å²) in [5.41, 5.74) is 1.27. The Morgan fingerprint density at radius 2 is 1.91 bits per heavy atom. The Morgan fingerprint density at radius 3 is 2.52 bits per heavy atom. The van der Waals surface area contributed by atoms with Crippen LogP contribution < -0.4 is 14.8 Å². The molecule has 0 radical (unpaired) electrons. The summed E-state index contributed by atoms with van der Waals surface area (Å²) < 4.78 is 16.0. The Bertz CT molecular complexity index is 562. The second-order valence-electron chi connectivity index (χ2n) is 6.45. The smallest absolute Gasteiger partial charge is 0.223 e. The highest BCUT2D eigenvalue weighted by molar-refractivity contribution is 5.79. The number of methoxy groups -OCH3 is 2. The fraction of sp³-hybridized carbons (Fsp3) is 0.611. The molecular formula is C18H25NO4. The third-order valence-electron chi connectivity index (χ3n) is 5.04. The average Bonchev–Trinajstić information content (AvgIpc) is 3.41. The van der Waals surface area contributed by atoms with Crippen LogP contribution >= 0.6 is 0 Å². The molecule has 1 aromatic carbocycles. The van der Waals surface area contributed by atoms with Gasteiger partial charge < -0.3 is 19.5 Å². The molecule has 0 aromatic heterocycles. The predicted molar refractivity (Wildman–Crippen MR) is 87.0 cm³/mol. The third-order valence-corrected chi connectivity index (χ3v) is 5.04. The summed E-state index contributed by atoms with van der Waals surface area (Å²) in [6.07, 6.45) is 3.84. The van der Waals surface area contributed by atoms with Gasteiger partial charge >= 0.3 is 0 Å². The number of carbonyl (C=O) groups is 1. The maximum Gasteiger partial charge on any atom is 0.223 e. The molecule has 1 aliphatic carbocycles. The van der Waals surface area contributed by atoms with Crippen LogP contribution in [-0.2, 0) is 14.9 Å². The number of nitrogens with one attached hydrogen (secondary N) is 1. The highest BCUT2D eigenvalue weighted by Gasteiger charge is 2.45. The van der Waals surface area contributed by atoms with E-state index >= 15 is 0 Å². The number of carbonyl (C=O) groups excluding carboxylic acids is 1. The molecule has 0 atom stereocenters. The molecule has 1 amide bonds. The number of hydrogen-bond donors (Lipinski definition) is 1. The van der Waals surface area contributed by atoms with E-state index in [4.69, 9.17) is 14.2 Å². The van der Waals surface area contributed by atoms with Gasteiger partial charge in [0.1, 0.15) is 0 Å². The van der Waals surface area contributed by atoms with E-state index in [0.29, 0.717) is 19.8 Å². The van der Waals surface area contributed by atoms with E-state index in [9.17, 15) is 4.79 Å². The van der Waals surface area contributed by atoms with Crippen LogP contribution in [0.25, 0.3) is 0 Å². The van der Waals surface area contributed by atoms with Crippen molar-refractivity contribution in [1.29, 1.82) is 0 Å². The first-order valence-corrected chi connectivity index (χ1v) is 8.26. The lowest BCUT2D eigenvalue weighted by atomic mass is 9.94. The van der Waals surface area contributed by atoms with Crippen molar-refractivity contribution >= 4 is 5.91 Å². The van der Waals surface area contributed by atoms with Crippen LogP contribution in [-0.4, -0.2) is 39.9 Å². The first kappa shape index (κ1) is 16.1. The quantitative estimate of drug-likeness (QED) is 0.874. The zero-order valence-corrected chi connectivity index (χ0v) is 13.9. The summed E-state index contributed by atoms with van der Waals surface area (Å²) in [5.74, 6) is 1.75. The van der Waals surface area contributed by atoms with Gasteiger partial charge in [0.15, 0.2) is 11.5 Å². The first-order valence-electron chi connectivity index (χ1n) is 8.26. The minimum absolute atomic E-state index is 0.0559. The second-order valence-corrected chi connectivity index (χ2v) is 6.45. The molecule has 3 rings (SSSR count). The SMILES string of the molecule is COc1ccc(C2(CNC(=O)C3CCOCC3)CC2)cc1OC. The minimum Gasteiger partial charge on any atom is -0.493 e. The van der Waals surface area contributed by atoms with Gasteiger partial charge in [0.25, 0.3) is 0 Å². The van der Waals surface area contributed by atoms with Gasteiger partial charge in [-0.05, 0) is 43.4 Å². The van der Waals surface area contributed by atoms with E-state index in [2.05, 4.69) is 11.4 Å². The van der Waals surface area contributed by atoms with E-state index in [1.54, 1.807) is 14.2 Å². The lowest BCUT2D eigenvalue weighted by molar-refractivity contribution is -0.127. The lowest BCUT2D eigenvalue weighted by Gasteiger charge is -2.23. The molecule has 0 bridgehead atoms. The summed E-state index contributed by atoms with van der Waals surface area (Å²) in [5, 5.41) is 3.15. The van der Waals surface area contributed by atoms with Crippen LogP contribution in [0.15, 0.2) is 18.2 Å². The normalized spacial score (nSPS) is 19.9. The van der Waals surface area contributed by atoms with E-state index in [-0.39, 0.29) is 17.2 Å². The van der Waals surface area contributed by atoms with Gasteiger partial charge in [-0.15, -0.1) is 0 Å². The Kier molecular flexibility index (Phi) is 4.76. The van der Waals surface area contributed by atoms with Gasteiger partial charge in [0, 0.05) is 31.1 Å². The van der Waals surface area contributed by atoms with Crippen LogP contribution in [0.1, 0.15) is 31.2 Å². The van der Waals surface area contributed by atoms with Crippen LogP contribution in [0.2, 0.25) is 0 Å². The van der Waals surface area contributed by atoms with E-state index in [0.717, 1.165) is 37.2 Å². The maximum atomic E-state index is 12.3. The van der Waals surface area contributed by atoms with Gasteiger partial charge in [-0.2, -0.15) is 0 Å². The zero-order chi connectivity index (χ0) is 16.3. The summed E-state index contributed by atoms with van der Waals surface area (Å²) in [7, 11) is 3.28. The largest absolute Gasteiger partial charge is 0.493 e. The number of benzene rings is 1. The molecule has 126 valence electrons. The van der Waals surface area contributed by atoms with E-state index in [1.807, 2.05) is 12.1 Å². The molecule has 5 nitrogen and oxygen atoms in total. The van der Waals surface area contributed by atoms with Crippen LogP contribution in [0, 0.1) is 5.92 Å². The molecule has 1 aliphatic heterocycles. The molecule has 1 saturated carbocycles. The van der Waals surface area contributed by atoms with Crippen molar-refractivity contribution in [2.24, 2.45) is 5.92 Å². The summed E-state index contributed by atoms with van der Waals surface area (Å²) in [6.45, 7) is 2.08. The van der Waals surface area contributed by atoms with Crippen molar-refractivity contribution in [3.05, 3.63) is 23.8 Å². The van der Waals surface area contributed by atoms with E-state index < -0.39 is 0 Å². The monoisotopic (exact) mass is 319 g/mol. The van der Waals surface area contributed by atoms with Crippen molar-refractivity contribution in [3.8, 4) is 11.5 Å². The molecule has 5 heteroatoms. The highest BCUT2D eigenvalue weighted by Crippen LogP contribution is 2.49. The Hall–Kier alpha value is -1.75. The second kappa shape index (κ2) is 6.79. The van der Waals surface area contributed by atoms with Gasteiger partial charge in [-0.1, -0.05) is 6.07 Å². The van der Waals surface area contributed by atoms with Crippen molar-refractivity contribution < 1.29 is 19.0 Å². The number of rotatable bonds is 6. The highest BCUT2D eigenvalue weighted by atomic mass is 16.5. The predicted octanol–water partition coefficient (Wildman–Crippen LogP) is 2.28. The Balaban J connectivity index is 1.64. The lowest BCUT2D eigenvalue weighted by Crippen LogP contribution is -2.38. The summed E-state index contributed by atoms with van der Waals surface area (Å²) >= 11 is 0. The zero-order valence-electron chi connectivity index (χ0n) is 13.9. The average molecular weight is 319 g/mol. The number of ether oxygens (including phenoxy) is 3. The van der Waals surface area contributed by atoms with E-state index in [1.165, 1.54) is 5.56 Å². The van der Waals surface area contributed by atoms with Gasteiger partial charge in [-0.25, -0.2) is 0 Å². The molecule has 1 saturated heterocycles. The molecule has 1 N–H and O–H groups in total. The van der Waals surface area contributed by atoms with Crippen LogP contribution in [0.5, 0.6) is 11.5 Å². The van der Waals surface area contributed by atoms with Crippen molar-refractivity contribution in [1.82, 2.24) is 5.32 Å². The fourth-order valence-electron chi connectivity index (χ4n) is 3.24. The van der Waals surface area contributed by atoms with Gasteiger partial charge in [0.05, 0.1) is 14.2 Å². The molecule has 0 unspecified atom stereocenters. The maximum absolute atomic E-state index is 12.3. The summed E-state index contributed by atoms with van der Waals surface area (Å²) in [6, 6.07) is 6.05. The first-order chi connectivity index (χ1) is 11.2. The van der Waals surface area contributed by atoms with Crippen LogP contribution in [0.4, 0.5) is 0 Å².